The number of aromatic nitrogens is 2. The van der Waals surface area contributed by atoms with E-state index in [0.717, 1.165) is 5.52 Å². The fourth-order valence-electron chi connectivity index (χ4n) is 1.96. The molecule has 16 heavy (non-hydrogen) atoms. The zero-order chi connectivity index (χ0) is 11.9. The van der Waals surface area contributed by atoms with Crippen LogP contribution in [0.5, 0.6) is 0 Å². The zero-order valence-electron chi connectivity index (χ0n) is 9.65. The topological polar surface area (TPSA) is 44.0 Å². The van der Waals surface area contributed by atoms with E-state index >= 15 is 0 Å². The van der Waals surface area contributed by atoms with Gasteiger partial charge in [0.15, 0.2) is 5.78 Å². The van der Waals surface area contributed by atoms with Crippen LogP contribution in [0.2, 0.25) is 0 Å². The molecule has 1 aromatic heterocycles. The van der Waals surface area contributed by atoms with Gasteiger partial charge in [0.2, 0.25) is 0 Å². The van der Waals surface area contributed by atoms with Crippen LogP contribution in [-0.2, 0) is 13.6 Å². The molecule has 0 unspecified atom stereocenters. The number of rotatable bonds is 2. The second-order valence-corrected chi connectivity index (χ2v) is 3.83. The number of nitrogens with zero attached hydrogens (tertiary/aromatic N) is 2. The van der Waals surface area contributed by atoms with E-state index in [2.05, 4.69) is 0 Å². The lowest BCUT2D eigenvalue weighted by atomic mass is 10.1. The second kappa shape index (κ2) is 3.63. The predicted molar refractivity (Wildman–Crippen MR) is 62.9 cm³/mol. The van der Waals surface area contributed by atoms with Crippen molar-refractivity contribution in [3.05, 3.63) is 34.1 Å². The van der Waals surface area contributed by atoms with Gasteiger partial charge < -0.3 is 0 Å². The molecule has 0 spiro atoms. The number of fused-ring (bicyclic) bond motifs is 1. The molecule has 0 radical (unpaired) electrons. The monoisotopic (exact) mass is 218 g/mol. The van der Waals surface area contributed by atoms with Gasteiger partial charge in [-0.25, -0.2) is 0 Å². The van der Waals surface area contributed by atoms with Crippen LogP contribution in [0, 0.1) is 0 Å². The molecule has 0 aliphatic rings. The number of Topliss-reactive ketones (excluding diaryl/α,β-unsaturated/α-hetero) is 1. The molecule has 1 aromatic carbocycles. The quantitative estimate of drug-likeness (QED) is 0.718. The first-order valence-corrected chi connectivity index (χ1v) is 5.26. The van der Waals surface area contributed by atoms with Gasteiger partial charge in [-0.1, -0.05) is 6.07 Å². The normalized spacial score (nSPS) is 10.9. The molecular formula is C12H14N2O2. The number of carbonyl (C=O) groups excluding carboxylic acids is 1. The van der Waals surface area contributed by atoms with Crippen molar-refractivity contribution in [2.24, 2.45) is 7.05 Å². The van der Waals surface area contributed by atoms with Crippen molar-refractivity contribution >= 4 is 16.7 Å². The zero-order valence-corrected chi connectivity index (χ0v) is 9.65. The van der Waals surface area contributed by atoms with E-state index in [1.807, 2.05) is 14.0 Å². The predicted octanol–water partition coefficient (Wildman–Crippen LogP) is 1.56. The molecule has 0 saturated carbocycles. The van der Waals surface area contributed by atoms with Crippen molar-refractivity contribution in [3.63, 3.8) is 0 Å². The molecule has 0 fully saturated rings. The molecule has 0 atom stereocenters. The van der Waals surface area contributed by atoms with Crippen molar-refractivity contribution in [1.82, 2.24) is 9.36 Å². The first kappa shape index (κ1) is 10.7. The minimum Gasteiger partial charge on any atom is -0.295 e. The second-order valence-electron chi connectivity index (χ2n) is 3.83. The Morgan fingerprint density at radius 2 is 2.06 bits per heavy atom. The van der Waals surface area contributed by atoms with E-state index in [0.29, 0.717) is 17.5 Å². The summed E-state index contributed by atoms with van der Waals surface area (Å²) in [6.45, 7) is 4.07. The van der Waals surface area contributed by atoms with E-state index in [1.165, 1.54) is 6.92 Å². The SMILES string of the molecule is CCn1c(=O)c2ccc(C(C)=O)cc2n1C. The third kappa shape index (κ3) is 1.38. The lowest BCUT2D eigenvalue weighted by Gasteiger charge is -2.03. The third-order valence-corrected chi connectivity index (χ3v) is 2.88. The maximum Gasteiger partial charge on any atom is 0.274 e. The van der Waals surface area contributed by atoms with Crippen molar-refractivity contribution in [2.45, 2.75) is 20.4 Å². The van der Waals surface area contributed by atoms with Gasteiger partial charge >= 0.3 is 0 Å². The van der Waals surface area contributed by atoms with Gasteiger partial charge in [-0.05, 0) is 26.0 Å². The summed E-state index contributed by atoms with van der Waals surface area (Å²) in [5.41, 5.74) is 1.44. The Bertz CT molecular complexity index is 620. The molecule has 0 N–H and O–H groups in total. The number of hydrogen-bond acceptors (Lipinski definition) is 2. The third-order valence-electron chi connectivity index (χ3n) is 2.88. The van der Waals surface area contributed by atoms with Crippen LogP contribution in [-0.4, -0.2) is 15.1 Å². The number of aryl methyl sites for hydroxylation is 1. The average molecular weight is 218 g/mol. The van der Waals surface area contributed by atoms with Crippen LogP contribution >= 0.6 is 0 Å². The van der Waals surface area contributed by atoms with Gasteiger partial charge in [-0.3, -0.25) is 19.0 Å². The Morgan fingerprint density at radius 1 is 1.38 bits per heavy atom. The van der Waals surface area contributed by atoms with Crippen LogP contribution in [0.4, 0.5) is 0 Å². The maximum atomic E-state index is 11.9. The summed E-state index contributed by atoms with van der Waals surface area (Å²) >= 11 is 0. The van der Waals surface area contributed by atoms with Gasteiger partial charge in [0.05, 0.1) is 10.9 Å². The summed E-state index contributed by atoms with van der Waals surface area (Å²) in [6.07, 6.45) is 0. The Morgan fingerprint density at radius 3 is 2.62 bits per heavy atom. The van der Waals surface area contributed by atoms with E-state index in [-0.39, 0.29) is 11.3 Å². The molecule has 0 bridgehead atoms. The Kier molecular flexibility index (Phi) is 2.42. The molecule has 0 aliphatic heterocycles. The highest BCUT2D eigenvalue weighted by atomic mass is 16.1. The van der Waals surface area contributed by atoms with Crippen molar-refractivity contribution in [2.75, 3.05) is 0 Å². The van der Waals surface area contributed by atoms with Gasteiger partial charge in [0.25, 0.3) is 5.56 Å². The van der Waals surface area contributed by atoms with Crippen LogP contribution in [0.25, 0.3) is 10.9 Å². The average Bonchev–Trinajstić information content (AvgIpc) is 2.51. The Labute approximate surface area is 93.1 Å². The number of ketones is 1. The fourth-order valence-corrected chi connectivity index (χ4v) is 1.96. The molecule has 0 aliphatic carbocycles. The van der Waals surface area contributed by atoms with Crippen LogP contribution in [0.15, 0.2) is 23.0 Å². The first-order valence-electron chi connectivity index (χ1n) is 5.26. The number of benzene rings is 1. The van der Waals surface area contributed by atoms with E-state index < -0.39 is 0 Å². The van der Waals surface area contributed by atoms with E-state index in [4.69, 9.17) is 0 Å². The van der Waals surface area contributed by atoms with Gasteiger partial charge in [-0.15, -0.1) is 0 Å². The summed E-state index contributed by atoms with van der Waals surface area (Å²) in [5, 5.41) is 0.661. The van der Waals surface area contributed by atoms with Crippen molar-refractivity contribution < 1.29 is 4.79 Å². The molecule has 2 aromatic rings. The summed E-state index contributed by atoms with van der Waals surface area (Å²) in [6, 6.07) is 5.19. The van der Waals surface area contributed by atoms with Crippen LogP contribution in [0.1, 0.15) is 24.2 Å². The molecule has 0 saturated heterocycles. The maximum absolute atomic E-state index is 11.9. The molecule has 4 nitrogen and oxygen atoms in total. The minimum absolute atomic E-state index is 0.00454. The van der Waals surface area contributed by atoms with Gasteiger partial charge in [-0.2, -0.15) is 0 Å². The van der Waals surface area contributed by atoms with Gasteiger partial charge in [0.1, 0.15) is 0 Å². The lowest BCUT2D eigenvalue weighted by molar-refractivity contribution is 0.101. The summed E-state index contributed by atoms with van der Waals surface area (Å²) < 4.78 is 3.44. The minimum atomic E-state index is -0.00454. The summed E-state index contributed by atoms with van der Waals surface area (Å²) in [7, 11) is 1.83. The summed E-state index contributed by atoms with van der Waals surface area (Å²) in [5.74, 6) is 0.0126. The fraction of sp³-hybridized carbons (Fsp3) is 0.333. The highest BCUT2D eigenvalue weighted by Gasteiger charge is 2.10. The van der Waals surface area contributed by atoms with Crippen LogP contribution in [0.3, 0.4) is 0 Å². The Hall–Kier alpha value is -1.84. The van der Waals surface area contributed by atoms with E-state index in [9.17, 15) is 9.59 Å². The molecule has 4 heteroatoms. The number of hydrogen-bond donors (Lipinski definition) is 0. The largest absolute Gasteiger partial charge is 0.295 e. The van der Waals surface area contributed by atoms with Crippen LogP contribution < -0.4 is 5.56 Å². The van der Waals surface area contributed by atoms with Crippen molar-refractivity contribution in [3.8, 4) is 0 Å². The molecule has 0 amide bonds. The highest BCUT2D eigenvalue weighted by Crippen LogP contribution is 2.13. The summed E-state index contributed by atoms with van der Waals surface area (Å²) in [4.78, 5) is 23.2. The standard InChI is InChI=1S/C12H14N2O2/c1-4-14-12(16)10-6-5-9(8(2)15)7-11(10)13(14)3/h5-7H,4H2,1-3H3. The van der Waals surface area contributed by atoms with Crippen molar-refractivity contribution in [1.29, 1.82) is 0 Å². The molecular weight excluding hydrogens is 204 g/mol. The highest BCUT2D eigenvalue weighted by molar-refractivity contribution is 5.97. The molecule has 2 rings (SSSR count). The number of carbonyl (C=O) groups is 1. The Balaban J connectivity index is 2.84. The molecule has 1 heterocycles. The van der Waals surface area contributed by atoms with Gasteiger partial charge in [0, 0.05) is 19.2 Å². The smallest absolute Gasteiger partial charge is 0.274 e. The molecule has 84 valence electrons. The lowest BCUT2D eigenvalue weighted by Crippen LogP contribution is -2.19. The van der Waals surface area contributed by atoms with E-state index in [1.54, 1.807) is 27.6 Å². The first-order chi connectivity index (χ1) is 7.56.